The summed E-state index contributed by atoms with van der Waals surface area (Å²) in [5.74, 6) is 1.16. The Bertz CT molecular complexity index is 441. The number of esters is 1. The Balaban J connectivity index is 0. The first-order chi connectivity index (χ1) is 11.7. The summed E-state index contributed by atoms with van der Waals surface area (Å²) in [5, 5.41) is 8.95. The molecule has 0 aliphatic heterocycles. The number of ether oxygens (including phenoxy) is 1. The first-order valence-corrected chi connectivity index (χ1v) is 9.41. The van der Waals surface area contributed by atoms with Crippen molar-refractivity contribution < 1.29 is 14.7 Å². The molecule has 0 atom stereocenters. The first-order valence-electron chi connectivity index (χ1n) is 9.41. The molecule has 2 N–H and O–H groups in total. The lowest BCUT2D eigenvalue weighted by Gasteiger charge is -2.24. The summed E-state index contributed by atoms with van der Waals surface area (Å²) in [6.45, 7) is 20.2. The molecule has 0 unspecified atom stereocenters. The predicted molar refractivity (Wildman–Crippen MR) is 106 cm³/mol. The molecule has 25 heavy (non-hydrogen) atoms. The van der Waals surface area contributed by atoms with Gasteiger partial charge in [0.2, 0.25) is 0 Å². The number of hydrogen-bond donors (Lipinski definition) is 2. The van der Waals surface area contributed by atoms with E-state index in [1.54, 1.807) is 6.08 Å². The van der Waals surface area contributed by atoms with Crippen LogP contribution in [0.5, 0.6) is 0 Å². The number of carbonyl (C=O) groups is 1. The highest BCUT2D eigenvalue weighted by molar-refractivity contribution is 5.75. The van der Waals surface area contributed by atoms with Gasteiger partial charge in [-0.05, 0) is 43.3 Å². The van der Waals surface area contributed by atoms with Crippen molar-refractivity contribution in [3.63, 3.8) is 0 Å². The smallest absolute Gasteiger partial charge is 0.314 e. The van der Waals surface area contributed by atoms with Crippen LogP contribution in [0.3, 0.4) is 0 Å². The maximum atomic E-state index is 11.9. The van der Waals surface area contributed by atoms with Gasteiger partial charge < -0.3 is 4.74 Å². The normalized spacial score (nSPS) is 14.7. The lowest BCUT2D eigenvalue weighted by atomic mass is 9.86. The van der Waals surface area contributed by atoms with E-state index in [9.17, 15) is 4.79 Å². The molecule has 0 bridgehead atoms. The number of allylic oxidation sites excluding steroid dienone is 3. The van der Waals surface area contributed by atoms with Crippen molar-refractivity contribution >= 4 is 5.97 Å². The lowest BCUT2D eigenvalue weighted by Crippen LogP contribution is -2.25. The van der Waals surface area contributed by atoms with Crippen LogP contribution in [0.2, 0.25) is 0 Å². The number of rotatable bonds is 6. The van der Waals surface area contributed by atoms with Crippen LogP contribution in [-0.2, 0) is 9.53 Å². The number of nitrogens with one attached hydrogen (secondary N) is 1. The quantitative estimate of drug-likeness (QED) is 0.266. The third-order valence-corrected chi connectivity index (χ3v) is 3.38. The minimum atomic E-state index is -0.242. The molecule has 0 heterocycles. The Kier molecular flexibility index (Phi) is 15.2. The fourth-order valence-electron chi connectivity index (χ4n) is 1.80. The first kappa shape index (κ1) is 25.7. The Morgan fingerprint density at radius 1 is 1.20 bits per heavy atom. The summed E-state index contributed by atoms with van der Waals surface area (Å²) >= 11 is 0. The second-order valence-corrected chi connectivity index (χ2v) is 6.82. The van der Waals surface area contributed by atoms with E-state index in [2.05, 4.69) is 27.4 Å². The highest BCUT2D eigenvalue weighted by Crippen LogP contribution is 2.29. The van der Waals surface area contributed by atoms with Gasteiger partial charge in [-0.3, -0.25) is 15.5 Å². The third kappa shape index (κ3) is 11.6. The highest BCUT2D eigenvalue weighted by Gasteiger charge is 2.28. The number of hydrogen-bond acceptors (Lipinski definition) is 4. The Hall–Kier alpha value is -1.55. The van der Waals surface area contributed by atoms with E-state index in [0.29, 0.717) is 5.92 Å². The zero-order chi connectivity index (χ0) is 20.0. The minimum absolute atomic E-state index is 0.0111. The average Bonchev–Trinajstić information content (AvgIpc) is 2.49. The van der Waals surface area contributed by atoms with Crippen molar-refractivity contribution in [2.24, 2.45) is 17.8 Å². The van der Waals surface area contributed by atoms with Crippen LogP contribution in [0.15, 0.2) is 35.8 Å². The van der Waals surface area contributed by atoms with Gasteiger partial charge in [-0.25, -0.2) is 0 Å². The minimum Gasteiger partial charge on any atom is -0.424 e. The van der Waals surface area contributed by atoms with Crippen molar-refractivity contribution in [1.29, 1.82) is 0 Å². The van der Waals surface area contributed by atoms with E-state index < -0.39 is 0 Å². The number of hydroxylamine groups is 1. The van der Waals surface area contributed by atoms with Crippen LogP contribution in [0.25, 0.3) is 0 Å². The second-order valence-electron chi connectivity index (χ2n) is 6.82. The Morgan fingerprint density at radius 2 is 1.68 bits per heavy atom. The molecule has 1 aliphatic carbocycles. The standard InChI is InChI=1S/C15H23NO3.C4H10.C2H6/c1-5-12(10(2)3)9-14(11(4)16-18)19-15(17)13-7-6-8-13;1-4(2)3;1-2/h5,9-10,13,16,18H,4,6-8H2,1-3H3;4H,1-3H3;1-2H3/b12-5+,14-9+;;. The van der Waals surface area contributed by atoms with Gasteiger partial charge in [0.25, 0.3) is 0 Å². The van der Waals surface area contributed by atoms with Crippen LogP contribution in [-0.4, -0.2) is 11.2 Å². The van der Waals surface area contributed by atoms with Crippen molar-refractivity contribution in [2.75, 3.05) is 0 Å². The van der Waals surface area contributed by atoms with Gasteiger partial charge in [-0.15, -0.1) is 0 Å². The summed E-state index contributed by atoms with van der Waals surface area (Å²) in [7, 11) is 0. The zero-order valence-corrected chi connectivity index (χ0v) is 17.5. The van der Waals surface area contributed by atoms with E-state index in [1.807, 2.05) is 46.2 Å². The van der Waals surface area contributed by atoms with Crippen LogP contribution >= 0.6 is 0 Å². The summed E-state index contributed by atoms with van der Waals surface area (Å²) in [6.07, 6.45) is 6.53. The molecule has 0 saturated heterocycles. The van der Waals surface area contributed by atoms with Crippen molar-refractivity contribution in [3.05, 3.63) is 35.8 Å². The molecule has 146 valence electrons. The monoisotopic (exact) mass is 353 g/mol. The number of carbonyl (C=O) groups excluding carboxylic acids is 1. The van der Waals surface area contributed by atoms with E-state index in [0.717, 1.165) is 30.8 Å². The topological polar surface area (TPSA) is 58.6 Å². The van der Waals surface area contributed by atoms with Crippen molar-refractivity contribution in [2.45, 2.75) is 74.7 Å². The molecule has 4 heteroatoms. The molecule has 0 amide bonds. The second kappa shape index (κ2) is 14.8. The third-order valence-electron chi connectivity index (χ3n) is 3.38. The molecule has 4 nitrogen and oxygen atoms in total. The Labute approximate surface area is 155 Å². The molecule has 1 fully saturated rings. The van der Waals surface area contributed by atoms with Crippen LogP contribution in [0.1, 0.15) is 74.7 Å². The molecule has 0 aromatic carbocycles. The molecule has 0 radical (unpaired) electrons. The van der Waals surface area contributed by atoms with Gasteiger partial charge in [-0.2, -0.15) is 0 Å². The molecule has 1 rings (SSSR count). The summed E-state index contributed by atoms with van der Waals surface area (Å²) in [6, 6.07) is 0. The molecule has 1 aliphatic rings. The van der Waals surface area contributed by atoms with E-state index in [1.165, 1.54) is 0 Å². The van der Waals surface area contributed by atoms with Crippen molar-refractivity contribution in [3.8, 4) is 0 Å². The zero-order valence-electron chi connectivity index (χ0n) is 17.5. The molecular formula is C21H39NO3. The molecular weight excluding hydrogens is 314 g/mol. The van der Waals surface area contributed by atoms with Crippen LogP contribution in [0, 0.1) is 17.8 Å². The summed E-state index contributed by atoms with van der Waals surface area (Å²) in [4.78, 5) is 11.9. The molecule has 0 spiro atoms. The van der Waals surface area contributed by atoms with Gasteiger partial charge >= 0.3 is 5.97 Å². The van der Waals surface area contributed by atoms with Crippen molar-refractivity contribution in [1.82, 2.24) is 5.48 Å². The summed E-state index contributed by atoms with van der Waals surface area (Å²) < 4.78 is 5.35. The maximum absolute atomic E-state index is 11.9. The molecule has 0 aromatic rings. The van der Waals surface area contributed by atoms with Crippen LogP contribution in [0.4, 0.5) is 0 Å². The fraction of sp³-hybridized carbons (Fsp3) is 0.667. The lowest BCUT2D eigenvalue weighted by molar-refractivity contribution is -0.146. The largest absolute Gasteiger partial charge is 0.424 e. The van der Waals surface area contributed by atoms with Gasteiger partial charge in [-0.1, -0.05) is 67.5 Å². The molecule has 0 aromatic heterocycles. The average molecular weight is 354 g/mol. The van der Waals surface area contributed by atoms with Crippen LogP contribution < -0.4 is 5.48 Å². The fourth-order valence-corrected chi connectivity index (χ4v) is 1.80. The Morgan fingerprint density at radius 3 is 1.96 bits per heavy atom. The van der Waals surface area contributed by atoms with Gasteiger partial charge in [0.15, 0.2) is 5.76 Å². The van der Waals surface area contributed by atoms with Gasteiger partial charge in [0.05, 0.1) is 11.6 Å². The predicted octanol–water partition coefficient (Wildman–Crippen LogP) is 6.00. The van der Waals surface area contributed by atoms with Gasteiger partial charge in [0, 0.05) is 0 Å². The highest BCUT2D eigenvalue weighted by atomic mass is 16.5. The summed E-state index contributed by atoms with van der Waals surface area (Å²) in [5.41, 5.74) is 3.16. The molecule has 1 saturated carbocycles. The van der Waals surface area contributed by atoms with E-state index >= 15 is 0 Å². The van der Waals surface area contributed by atoms with E-state index in [-0.39, 0.29) is 23.3 Å². The van der Waals surface area contributed by atoms with E-state index in [4.69, 9.17) is 9.94 Å². The van der Waals surface area contributed by atoms with Gasteiger partial charge in [0.1, 0.15) is 0 Å². The SMILES string of the molecule is C=C(NO)/C(=C\C(=C/C)C(C)C)OC(=O)C1CCC1.CC.CC(C)C. The maximum Gasteiger partial charge on any atom is 0.314 e.